The van der Waals surface area contributed by atoms with Crippen molar-refractivity contribution in [3.05, 3.63) is 56.2 Å². The lowest BCUT2D eigenvalue weighted by atomic mass is 9.91. The van der Waals surface area contributed by atoms with Crippen molar-refractivity contribution in [2.45, 2.75) is 83.6 Å². The molecule has 0 bridgehead atoms. The predicted octanol–water partition coefficient (Wildman–Crippen LogP) is 3.28. The highest BCUT2D eigenvalue weighted by molar-refractivity contribution is 7.87. The van der Waals surface area contributed by atoms with E-state index < -0.39 is 11.9 Å². The van der Waals surface area contributed by atoms with Crippen LogP contribution in [0.1, 0.15) is 75.4 Å². The molecular weight excluding hydrogens is 613 g/mol. The maximum absolute atomic E-state index is 12.7. The molecule has 1 aromatic rings. The van der Waals surface area contributed by atoms with Crippen LogP contribution < -0.4 is 16.0 Å². The largest absolute Gasteiger partial charge is 0.481 e. The van der Waals surface area contributed by atoms with Gasteiger partial charge >= 0.3 is 11.9 Å². The minimum atomic E-state index is -0.899. The molecule has 5 heterocycles. The van der Waals surface area contributed by atoms with Crippen LogP contribution in [0.5, 0.6) is 0 Å². The third kappa shape index (κ3) is 7.06. The van der Waals surface area contributed by atoms with Gasteiger partial charge in [-0.15, -0.1) is 0 Å². The zero-order valence-corrected chi connectivity index (χ0v) is 27.9. The van der Waals surface area contributed by atoms with E-state index in [4.69, 9.17) is 0 Å². The molecule has 2 amide bonds. The number of aromatic amines is 1. The lowest BCUT2D eigenvalue weighted by Crippen LogP contribution is -2.36. The number of H-pyrrole nitrogens is 1. The average Bonchev–Trinajstić information content (AvgIpc) is 3.56. The molecule has 2 fully saturated rings. The van der Waals surface area contributed by atoms with Gasteiger partial charge in [0.1, 0.15) is 0 Å². The first-order valence-corrected chi connectivity index (χ1v) is 17.3. The lowest BCUT2D eigenvalue weighted by Gasteiger charge is -2.20. The number of carbonyl (C=O) groups excluding carboxylic acids is 2. The van der Waals surface area contributed by atoms with Crippen LogP contribution in [0, 0.1) is 18.8 Å². The van der Waals surface area contributed by atoms with Crippen molar-refractivity contribution in [3.63, 3.8) is 0 Å². The van der Waals surface area contributed by atoms with Crippen molar-refractivity contribution in [1.82, 2.24) is 20.9 Å². The van der Waals surface area contributed by atoms with Gasteiger partial charge in [-0.1, -0.05) is 6.92 Å². The summed E-state index contributed by atoms with van der Waals surface area (Å²) in [5, 5.41) is 29.1. The number of nitrogens with one attached hydrogen (secondary N) is 4. The molecule has 1 unspecified atom stereocenters. The molecule has 4 aliphatic rings. The molecule has 0 spiro atoms. The fraction of sp³-hybridized carbons (Fsp3) is 0.515. The lowest BCUT2D eigenvalue weighted by molar-refractivity contribution is -0.138. The van der Waals surface area contributed by atoms with Crippen molar-refractivity contribution >= 4 is 60.3 Å². The first-order valence-electron chi connectivity index (χ1n) is 15.5. The van der Waals surface area contributed by atoms with Gasteiger partial charge in [-0.05, 0) is 104 Å². The summed E-state index contributed by atoms with van der Waals surface area (Å²) in [5.41, 5.74) is 8.86. The normalized spacial score (nSPS) is 27.9. The molecule has 1 aromatic heterocycles. The first kappa shape index (κ1) is 33.0. The van der Waals surface area contributed by atoms with Crippen molar-refractivity contribution in [3.8, 4) is 0 Å². The summed E-state index contributed by atoms with van der Waals surface area (Å²) in [5.74, 6) is -0.273. The molecule has 45 heavy (non-hydrogen) atoms. The highest BCUT2D eigenvalue weighted by atomic mass is 32.2. The molecular formula is C33H43N4O6S2+. The predicted molar refractivity (Wildman–Crippen MR) is 180 cm³/mol. The molecule has 0 aromatic carbocycles. The Kier molecular flexibility index (Phi) is 9.93. The van der Waals surface area contributed by atoms with E-state index in [0.717, 1.165) is 68.4 Å². The summed E-state index contributed by atoms with van der Waals surface area (Å²) >= 11 is 5.69. The van der Waals surface area contributed by atoms with Crippen molar-refractivity contribution in [1.29, 1.82) is 0 Å². The van der Waals surface area contributed by atoms with E-state index in [0.29, 0.717) is 30.3 Å². The number of aromatic nitrogens is 1. The van der Waals surface area contributed by atoms with E-state index in [1.807, 2.05) is 39.8 Å². The third-order valence-corrected chi connectivity index (χ3v) is 10.9. The zero-order chi connectivity index (χ0) is 32.6. The zero-order valence-electron chi connectivity index (χ0n) is 26.1. The van der Waals surface area contributed by atoms with Gasteiger partial charge in [0.05, 0.1) is 11.6 Å². The Labute approximate surface area is 273 Å². The molecule has 0 aliphatic carbocycles. The standard InChI is InChI=1S/C33H42N4O6S2/c1-15-19(5-7-29(38)39)25(34-22(15)11-24-18(4)31(28-14-45-28)33(43)36-24)13-26-20(6-8-30(40)41)16(2)23(35-26)12-27-21(9-10-44)17(3)32(42)37-27/h12-13,17,21-22,24,28,34-35,44H,5-11,14H2,1-4H3,(H,36,43)(H,37,42)(H,38,39)(H,40,41)/p+1/b25-13-,27-12-/t17-,21-,22?,24-,28-/m1/s1. The van der Waals surface area contributed by atoms with Crippen molar-refractivity contribution in [2.75, 3.05) is 11.5 Å². The molecule has 10 nitrogen and oxygen atoms in total. The Morgan fingerprint density at radius 3 is 2.29 bits per heavy atom. The smallest absolute Gasteiger partial charge is 0.303 e. The minimum Gasteiger partial charge on any atom is -0.481 e. The second-order valence-electron chi connectivity index (χ2n) is 12.5. The summed E-state index contributed by atoms with van der Waals surface area (Å²) in [6.07, 6.45) is 5.86. The van der Waals surface area contributed by atoms with Crippen LogP contribution >= 0.6 is 12.6 Å². The van der Waals surface area contributed by atoms with Crippen LogP contribution in [0.2, 0.25) is 0 Å². The summed E-state index contributed by atoms with van der Waals surface area (Å²) in [6.45, 7) is 7.90. The highest BCUT2D eigenvalue weighted by Gasteiger charge is 2.47. The summed E-state index contributed by atoms with van der Waals surface area (Å²) in [7, 11) is 0. The summed E-state index contributed by atoms with van der Waals surface area (Å²) in [6, 6.07) is -0.198. The number of carboxylic acid groups (broad SMARTS) is 2. The van der Waals surface area contributed by atoms with Crippen LogP contribution in [-0.4, -0.2) is 67.8 Å². The van der Waals surface area contributed by atoms with E-state index >= 15 is 0 Å². The van der Waals surface area contributed by atoms with Crippen molar-refractivity contribution < 1.29 is 29.4 Å². The van der Waals surface area contributed by atoms with Crippen LogP contribution in [-0.2, 0) is 37.4 Å². The number of rotatable bonds is 13. The summed E-state index contributed by atoms with van der Waals surface area (Å²) < 4.78 is 0. The number of carbonyl (C=O) groups is 4. The Balaban J connectivity index is 1.49. The van der Waals surface area contributed by atoms with Crippen LogP contribution in [0.4, 0.5) is 0 Å². The fourth-order valence-electron chi connectivity index (χ4n) is 6.85. The average molecular weight is 656 g/mol. The molecule has 6 N–H and O–H groups in total. The minimum absolute atomic E-state index is 0.0148. The molecule has 0 radical (unpaired) electrons. The number of amides is 2. The van der Waals surface area contributed by atoms with E-state index in [1.54, 1.807) is 0 Å². The number of thiol groups is 2. The number of hydrogen-bond donors (Lipinski definition) is 7. The molecule has 12 heteroatoms. The Morgan fingerprint density at radius 2 is 1.64 bits per heavy atom. The first-order chi connectivity index (χ1) is 21.4. The number of allylic oxidation sites excluding steroid dienone is 2. The summed E-state index contributed by atoms with van der Waals surface area (Å²) in [4.78, 5) is 51.9. The van der Waals surface area contributed by atoms with Gasteiger partial charge in [-0.25, -0.2) is 0 Å². The van der Waals surface area contributed by atoms with Crippen molar-refractivity contribution in [2.24, 2.45) is 11.8 Å². The van der Waals surface area contributed by atoms with Gasteiger partial charge in [0, 0.05) is 53.5 Å². The maximum atomic E-state index is 12.7. The van der Waals surface area contributed by atoms with E-state index in [1.165, 1.54) is 11.8 Å². The number of hydrogen-bond acceptors (Lipinski definition) is 6. The SMILES string of the molecule is CC1=C(CCC(=O)O)/C(=C/c2[nH]c(/C=C3\NC(=O)[C@H](C)[C@H]3CCS)c(C)c2CCC(=O)O)NC1C[C@H]1NC(=O)C([C@H]2C[SH+]2)=C1C. The maximum Gasteiger partial charge on any atom is 0.303 e. The Hall–Kier alpha value is -3.38. The third-order valence-electron chi connectivity index (χ3n) is 9.66. The van der Waals surface area contributed by atoms with Crippen LogP contribution in [0.3, 0.4) is 0 Å². The van der Waals surface area contributed by atoms with Gasteiger partial charge in [0.25, 0.3) is 5.91 Å². The molecule has 5 atom stereocenters. The second-order valence-corrected chi connectivity index (χ2v) is 14.3. The van der Waals surface area contributed by atoms with Gasteiger partial charge in [-0.3, -0.25) is 19.2 Å². The molecule has 0 saturated carbocycles. The molecule has 4 aliphatic heterocycles. The van der Waals surface area contributed by atoms with Crippen LogP contribution in [0.15, 0.2) is 33.7 Å². The van der Waals surface area contributed by atoms with Gasteiger partial charge in [-0.2, -0.15) is 12.6 Å². The number of carboxylic acids is 2. The topological polar surface area (TPSA) is 161 Å². The monoisotopic (exact) mass is 655 g/mol. The fourth-order valence-corrected chi connectivity index (χ4v) is 7.92. The van der Waals surface area contributed by atoms with E-state index in [9.17, 15) is 29.4 Å². The van der Waals surface area contributed by atoms with Gasteiger partial charge < -0.3 is 31.1 Å². The van der Waals surface area contributed by atoms with E-state index in [-0.39, 0.29) is 48.6 Å². The van der Waals surface area contributed by atoms with Gasteiger partial charge in [0.2, 0.25) is 5.91 Å². The van der Waals surface area contributed by atoms with Gasteiger partial charge in [0.15, 0.2) is 11.0 Å². The Bertz CT molecular complexity index is 1550. The van der Waals surface area contributed by atoms with E-state index in [2.05, 4.69) is 33.6 Å². The molecule has 242 valence electrons. The molecule has 5 rings (SSSR count). The van der Waals surface area contributed by atoms with Crippen LogP contribution in [0.25, 0.3) is 12.2 Å². The molecule has 2 saturated heterocycles. The highest BCUT2D eigenvalue weighted by Crippen LogP contribution is 2.37. The second kappa shape index (κ2) is 13.5. The quantitative estimate of drug-likeness (QED) is 0.0976. The Morgan fingerprint density at radius 1 is 0.978 bits per heavy atom. The number of aliphatic carboxylic acids is 2.